The van der Waals surface area contributed by atoms with Crippen LogP contribution in [0.15, 0.2) is 42.7 Å². The Kier molecular flexibility index (Phi) is 5.05. The van der Waals surface area contributed by atoms with Crippen LogP contribution in [-0.2, 0) is 6.54 Å². The summed E-state index contributed by atoms with van der Waals surface area (Å²) >= 11 is 0. The van der Waals surface area contributed by atoms with Gasteiger partial charge in [-0.15, -0.1) is 0 Å². The lowest BCUT2D eigenvalue weighted by Crippen LogP contribution is -2.47. The summed E-state index contributed by atoms with van der Waals surface area (Å²) in [5.74, 6) is 0.742. The van der Waals surface area contributed by atoms with Gasteiger partial charge >= 0.3 is 0 Å². The van der Waals surface area contributed by atoms with Gasteiger partial charge in [-0.1, -0.05) is 30.3 Å². The van der Waals surface area contributed by atoms with Crippen molar-refractivity contribution >= 4 is 11.7 Å². The molecule has 0 saturated carbocycles. The molecule has 1 aliphatic heterocycles. The van der Waals surface area contributed by atoms with Crippen molar-refractivity contribution in [1.29, 1.82) is 0 Å². The summed E-state index contributed by atoms with van der Waals surface area (Å²) in [6.45, 7) is 4.03. The molecule has 1 aromatic carbocycles. The Morgan fingerprint density at radius 3 is 2.54 bits per heavy atom. The number of benzene rings is 1. The van der Waals surface area contributed by atoms with E-state index in [9.17, 15) is 4.79 Å². The minimum atomic E-state index is -0.0140. The summed E-state index contributed by atoms with van der Waals surface area (Å²) in [6, 6.07) is 12.0. The molecule has 1 aromatic heterocycles. The SMILES string of the molecule is CN1CCN(C(=O)c2cc(N(C)Cc3ccccc3)ncn2)CC1. The fourth-order valence-electron chi connectivity index (χ4n) is 2.78. The number of amides is 1. The number of carbonyl (C=O) groups is 1. The van der Waals surface area contributed by atoms with E-state index in [1.165, 1.54) is 11.9 Å². The monoisotopic (exact) mass is 325 g/mol. The number of carbonyl (C=O) groups excluding carboxylic acids is 1. The highest BCUT2D eigenvalue weighted by molar-refractivity contribution is 5.93. The molecule has 2 aromatic rings. The van der Waals surface area contributed by atoms with Crippen molar-refractivity contribution in [3.63, 3.8) is 0 Å². The first-order valence-corrected chi connectivity index (χ1v) is 8.18. The van der Waals surface area contributed by atoms with E-state index in [1.54, 1.807) is 6.07 Å². The predicted molar refractivity (Wildman–Crippen MR) is 94.0 cm³/mol. The average Bonchev–Trinajstić information content (AvgIpc) is 2.63. The van der Waals surface area contributed by atoms with Crippen molar-refractivity contribution in [2.45, 2.75) is 6.54 Å². The number of aromatic nitrogens is 2. The number of hydrogen-bond acceptors (Lipinski definition) is 5. The minimum Gasteiger partial charge on any atom is -0.355 e. The minimum absolute atomic E-state index is 0.0140. The molecule has 0 atom stereocenters. The van der Waals surface area contributed by atoms with Gasteiger partial charge in [0, 0.05) is 45.8 Å². The third-order valence-corrected chi connectivity index (χ3v) is 4.32. The van der Waals surface area contributed by atoms with Crippen molar-refractivity contribution in [2.24, 2.45) is 0 Å². The van der Waals surface area contributed by atoms with E-state index in [-0.39, 0.29) is 5.91 Å². The Morgan fingerprint density at radius 1 is 1.12 bits per heavy atom. The molecule has 1 fully saturated rings. The summed E-state index contributed by atoms with van der Waals surface area (Å²) in [7, 11) is 4.04. The Balaban J connectivity index is 1.70. The first-order valence-electron chi connectivity index (χ1n) is 8.18. The molecule has 1 saturated heterocycles. The predicted octanol–water partition coefficient (Wildman–Crippen LogP) is 1.50. The van der Waals surface area contributed by atoms with Crippen LogP contribution >= 0.6 is 0 Å². The molecule has 6 nitrogen and oxygen atoms in total. The summed E-state index contributed by atoms with van der Waals surface area (Å²) in [5, 5.41) is 0. The molecular weight excluding hydrogens is 302 g/mol. The van der Waals surface area contributed by atoms with Crippen LogP contribution < -0.4 is 4.90 Å². The zero-order valence-electron chi connectivity index (χ0n) is 14.2. The van der Waals surface area contributed by atoms with Crippen LogP contribution in [0.1, 0.15) is 16.1 Å². The van der Waals surface area contributed by atoms with Crippen molar-refractivity contribution in [3.8, 4) is 0 Å². The molecule has 0 N–H and O–H groups in total. The quantitative estimate of drug-likeness (QED) is 0.853. The smallest absolute Gasteiger partial charge is 0.272 e. The maximum absolute atomic E-state index is 12.6. The number of piperazine rings is 1. The van der Waals surface area contributed by atoms with Crippen molar-refractivity contribution in [2.75, 3.05) is 45.2 Å². The van der Waals surface area contributed by atoms with Gasteiger partial charge in [0.15, 0.2) is 0 Å². The van der Waals surface area contributed by atoms with E-state index in [0.717, 1.165) is 38.5 Å². The van der Waals surface area contributed by atoms with Crippen LogP contribution in [-0.4, -0.2) is 65.9 Å². The zero-order valence-corrected chi connectivity index (χ0v) is 14.2. The molecule has 0 aliphatic carbocycles. The summed E-state index contributed by atoms with van der Waals surface area (Å²) < 4.78 is 0. The molecule has 3 rings (SSSR count). The van der Waals surface area contributed by atoms with Crippen LogP contribution in [0.5, 0.6) is 0 Å². The number of hydrogen-bond donors (Lipinski definition) is 0. The highest BCUT2D eigenvalue weighted by Crippen LogP contribution is 2.14. The standard InChI is InChI=1S/C18H23N5O/c1-21-8-10-23(11-9-21)18(24)16-12-17(20-14-19-16)22(2)13-15-6-4-3-5-7-15/h3-7,12,14H,8-11,13H2,1-2H3. The first-order chi connectivity index (χ1) is 11.6. The van der Waals surface area contributed by atoms with Crippen LogP contribution in [0.2, 0.25) is 0 Å². The van der Waals surface area contributed by atoms with Gasteiger partial charge in [0.25, 0.3) is 5.91 Å². The summed E-state index contributed by atoms with van der Waals surface area (Å²) in [6.07, 6.45) is 1.47. The van der Waals surface area contributed by atoms with Gasteiger partial charge in [-0.2, -0.15) is 0 Å². The number of anilines is 1. The van der Waals surface area contributed by atoms with Crippen LogP contribution in [0, 0.1) is 0 Å². The van der Waals surface area contributed by atoms with Crippen molar-refractivity contribution in [3.05, 3.63) is 54.0 Å². The number of nitrogens with zero attached hydrogens (tertiary/aromatic N) is 5. The van der Waals surface area contributed by atoms with Gasteiger partial charge in [0.2, 0.25) is 0 Å². The number of rotatable bonds is 4. The lowest BCUT2D eigenvalue weighted by Gasteiger charge is -2.32. The van der Waals surface area contributed by atoms with Gasteiger partial charge in [-0.3, -0.25) is 4.79 Å². The highest BCUT2D eigenvalue weighted by atomic mass is 16.2. The second-order valence-electron chi connectivity index (χ2n) is 6.20. The Hall–Kier alpha value is -2.47. The maximum Gasteiger partial charge on any atom is 0.272 e. The van der Waals surface area contributed by atoms with Gasteiger partial charge in [0.1, 0.15) is 17.8 Å². The highest BCUT2D eigenvalue weighted by Gasteiger charge is 2.22. The summed E-state index contributed by atoms with van der Waals surface area (Å²) in [4.78, 5) is 27.2. The molecule has 0 unspecified atom stereocenters. The fraction of sp³-hybridized carbons (Fsp3) is 0.389. The summed E-state index contributed by atoms with van der Waals surface area (Å²) in [5.41, 5.74) is 1.66. The van der Waals surface area contributed by atoms with E-state index in [1.807, 2.05) is 35.0 Å². The van der Waals surface area contributed by atoms with E-state index in [4.69, 9.17) is 0 Å². The van der Waals surface area contributed by atoms with Gasteiger partial charge < -0.3 is 14.7 Å². The van der Waals surface area contributed by atoms with Crippen LogP contribution in [0.4, 0.5) is 5.82 Å². The van der Waals surface area contributed by atoms with Crippen molar-refractivity contribution in [1.82, 2.24) is 19.8 Å². The molecule has 0 radical (unpaired) electrons. The Labute approximate surface area is 142 Å². The largest absolute Gasteiger partial charge is 0.355 e. The zero-order chi connectivity index (χ0) is 16.9. The molecule has 1 aliphatic rings. The second kappa shape index (κ2) is 7.40. The van der Waals surface area contributed by atoms with Crippen molar-refractivity contribution < 1.29 is 4.79 Å². The molecule has 0 spiro atoms. The van der Waals surface area contributed by atoms with E-state index in [0.29, 0.717) is 5.69 Å². The molecule has 1 amide bonds. The second-order valence-corrected chi connectivity index (χ2v) is 6.20. The molecule has 24 heavy (non-hydrogen) atoms. The molecule has 126 valence electrons. The molecule has 2 heterocycles. The Morgan fingerprint density at radius 2 is 1.83 bits per heavy atom. The lowest BCUT2D eigenvalue weighted by atomic mass is 10.2. The maximum atomic E-state index is 12.6. The van der Waals surface area contributed by atoms with Gasteiger partial charge in [-0.25, -0.2) is 9.97 Å². The third-order valence-electron chi connectivity index (χ3n) is 4.32. The molecular formula is C18H23N5O. The van der Waals surface area contributed by atoms with E-state index < -0.39 is 0 Å². The Bertz CT molecular complexity index is 683. The van der Waals surface area contributed by atoms with Gasteiger partial charge in [0.05, 0.1) is 0 Å². The topological polar surface area (TPSA) is 52.6 Å². The van der Waals surface area contributed by atoms with Crippen LogP contribution in [0.25, 0.3) is 0 Å². The average molecular weight is 325 g/mol. The molecule has 6 heteroatoms. The fourth-order valence-corrected chi connectivity index (χ4v) is 2.78. The third kappa shape index (κ3) is 3.89. The van der Waals surface area contributed by atoms with Crippen LogP contribution in [0.3, 0.4) is 0 Å². The molecule has 0 bridgehead atoms. The lowest BCUT2D eigenvalue weighted by molar-refractivity contribution is 0.0658. The van der Waals surface area contributed by atoms with E-state index >= 15 is 0 Å². The number of likely N-dealkylation sites (N-methyl/N-ethyl adjacent to an activating group) is 1. The van der Waals surface area contributed by atoms with Gasteiger partial charge in [-0.05, 0) is 12.6 Å². The first kappa shape index (κ1) is 16.4. The normalized spacial score (nSPS) is 15.3. The van der Waals surface area contributed by atoms with E-state index in [2.05, 4.69) is 34.0 Å².